The van der Waals surface area contributed by atoms with Crippen LogP contribution in [0, 0.1) is 5.92 Å². The Morgan fingerprint density at radius 1 is 1.21 bits per heavy atom. The summed E-state index contributed by atoms with van der Waals surface area (Å²) in [5.41, 5.74) is 2.96. The Balaban J connectivity index is 1.77. The minimum Gasteiger partial charge on any atom is -0.411 e. The van der Waals surface area contributed by atoms with Crippen molar-refractivity contribution in [2.75, 3.05) is 5.32 Å². The van der Waals surface area contributed by atoms with Crippen molar-refractivity contribution >= 4 is 35.0 Å². The molecule has 0 bridgehead atoms. The maximum atomic E-state index is 12.5. The lowest BCUT2D eigenvalue weighted by molar-refractivity contribution is -0.118. The summed E-state index contributed by atoms with van der Waals surface area (Å²) in [5, 5.41) is 16.2. The van der Waals surface area contributed by atoms with Gasteiger partial charge in [-0.25, -0.2) is 0 Å². The molecule has 0 unspecified atom stereocenters. The first kappa shape index (κ1) is 16.3. The Hall–Kier alpha value is -2.59. The van der Waals surface area contributed by atoms with Crippen molar-refractivity contribution in [3.05, 3.63) is 70.8 Å². The number of rotatable bonds is 3. The molecule has 0 spiro atoms. The van der Waals surface area contributed by atoms with Crippen molar-refractivity contribution in [1.29, 1.82) is 0 Å². The third-order valence-corrected chi connectivity index (χ3v) is 4.25. The summed E-state index contributed by atoms with van der Waals surface area (Å²) in [6.45, 7) is 0. The fourth-order valence-corrected chi connectivity index (χ4v) is 3.06. The van der Waals surface area contributed by atoms with Crippen LogP contribution in [0.2, 0.25) is 5.02 Å². The van der Waals surface area contributed by atoms with Gasteiger partial charge in [0, 0.05) is 10.7 Å². The molecular weight excluding hydrogens is 324 g/mol. The zero-order chi connectivity index (χ0) is 16.9. The first-order valence-electron chi connectivity index (χ1n) is 7.72. The van der Waals surface area contributed by atoms with Crippen molar-refractivity contribution in [2.24, 2.45) is 11.1 Å². The molecule has 1 aliphatic rings. The fraction of sp³-hybridized carbons (Fsp3) is 0.158. The molecule has 2 N–H and O–H groups in total. The van der Waals surface area contributed by atoms with Gasteiger partial charge >= 0.3 is 0 Å². The summed E-state index contributed by atoms with van der Waals surface area (Å²) in [6.07, 6.45) is 3.27. The number of allylic oxidation sites excluding steroid dienone is 1. The molecule has 24 heavy (non-hydrogen) atoms. The largest absolute Gasteiger partial charge is 0.411 e. The molecule has 1 aliphatic carbocycles. The number of hydrogen-bond donors (Lipinski definition) is 2. The summed E-state index contributed by atoms with van der Waals surface area (Å²) >= 11 is 5.93. The van der Waals surface area contributed by atoms with E-state index in [1.54, 1.807) is 24.3 Å². The molecule has 1 atom stereocenters. The molecule has 2 aromatic carbocycles. The van der Waals surface area contributed by atoms with Crippen LogP contribution in [-0.4, -0.2) is 16.8 Å². The van der Waals surface area contributed by atoms with E-state index in [9.17, 15) is 10.0 Å². The number of carbonyl (C=O) groups is 1. The van der Waals surface area contributed by atoms with Crippen molar-refractivity contribution < 1.29 is 10.0 Å². The number of anilines is 1. The molecule has 1 saturated carbocycles. The molecule has 3 rings (SSSR count). The SMILES string of the molecule is O=C(Nc1cccc(Cl)c1)[C@H]1CCC(=C\c2ccccc2)/C1=N\O. The van der Waals surface area contributed by atoms with E-state index >= 15 is 0 Å². The molecule has 5 heteroatoms. The third-order valence-electron chi connectivity index (χ3n) is 4.02. The monoisotopic (exact) mass is 340 g/mol. The van der Waals surface area contributed by atoms with Crippen LogP contribution in [0.15, 0.2) is 65.3 Å². The van der Waals surface area contributed by atoms with Crippen LogP contribution >= 0.6 is 11.6 Å². The summed E-state index contributed by atoms with van der Waals surface area (Å²) in [5.74, 6) is -0.662. The second-order valence-corrected chi connectivity index (χ2v) is 6.09. The van der Waals surface area contributed by atoms with Crippen molar-refractivity contribution in [2.45, 2.75) is 12.8 Å². The molecular formula is C19H17ClN2O2. The molecule has 1 amide bonds. The number of carbonyl (C=O) groups excluding carboxylic acids is 1. The zero-order valence-corrected chi connectivity index (χ0v) is 13.7. The number of oxime groups is 1. The summed E-state index contributed by atoms with van der Waals surface area (Å²) in [7, 11) is 0. The highest BCUT2D eigenvalue weighted by molar-refractivity contribution is 6.31. The predicted molar refractivity (Wildman–Crippen MR) is 96.4 cm³/mol. The van der Waals surface area contributed by atoms with Gasteiger partial charge in [0.15, 0.2) is 0 Å². The molecule has 0 radical (unpaired) electrons. The van der Waals surface area contributed by atoms with Crippen LogP contribution in [0.3, 0.4) is 0 Å². The Bertz CT molecular complexity index is 800. The Labute approximate surface area is 145 Å². The van der Waals surface area contributed by atoms with Crippen LogP contribution in [0.25, 0.3) is 6.08 Å². The number of nitrogens with one attached hydrogen (secondary N) is 1. The lowest BCUT2D eigenvalue weighted by atomic mass is 10.0. The molecule has 0 aliphatic heterocycles. The van der Waals surface area contributed by atoms with Gasteiger partial charge < -0.3 is 10.5 Å². The maximum absolute atomic E-state index is 12.5. The second-order valence-electron chi connectivity index (χ2n) is 5.66. The van der Waals surface area contributed by atoms with Gasteiger partial charge in [-0.2, -0.15) is 0 Å². The highest BCUT2D eigenvalue weighted by atomic mass is 35.5. The van der Waals surface area contributed by atoms with Crippen molar-refractivity contribution in [3.8, 4) is 0 Å². The summed E-state index contributed by atoms with van der Waals surface area (Å²) in [4.78, 5) is 12.5. The van der Waals surface area contributed by atoms with Crippen LogP contribution in [-0.2, 0) is 4.79 Å². The van der Waals surface area contributed by atoms with E-state index in [2.05, 4.69) is 10.5 Å². The summed E-state index contributed by atoms with van der Waals surface area (Å²) in [6, 6.07) is 16.8. The number of benzene rings is 2. The average molecular weight is 341 g/mol. The van der Waals surface area contributed by atoms with Gasteiger partial charge in [-0.3, -0.25) is 4.79 Å². The Kier molecular flexibility index (Phi) is 4.96. The highest BCUT2D eigenvalue weighted by Gasteiger charge is 2.33. The maximum Gasteiger partial charge on any atom is 0.233 e. The Morgan fingerprint density at radius 3 is 2.71 bits per heavy atom. The van der Waals surface area contributed by atoms with E-state index in [1.807, 2.05) is 36.4 Å². The van der Waals surface area contributed by atoms with Gasteiger partial charge in [0.1, 0.15) is 0 Å². The number of hydrogen-bond acceptors (Lipinski definition) is 3. The van der Waals surface area contributed by atoms with E-state index in [1.165, 1.54) is 0 Å². The minimum atomic E-state index is -0.469. The van der Waals surface area contributed by atoms with Gasteiger partial charge in [-0.1, -0.05) is 53.2 Å². The standard InChI is InChI=1S/C19H17ClN2O2/c20-15-7-4-8-16(12-15)21-19(23)17-10-9-14(18(17)22-24)11-13-5-2-1-3-6-13/h1-8,11-12,17,24H,9-10H2,(H,21,23)/b14-11+,22-18+/t17-/m0/s1. The average Bonchev–Trinajstić information content (AvgIpc) is 2.98. The van der Waals surface area contributed by atoms with Gasteiger partial charge in [-0.15, -0.1) is 0 Å². The first-order chi connectivity index (χ1) is 11.7. The van der Waals surface area contributed by atoms with Gasteiger partial charge in [-0.05, 0) is 48.3 Å². The van der Waals surface area contributed by atoms with Crippen molar-refractivity contribution in [1.82, 2.24) is 0 Å². The smallest absolute Gasteiger partial charge is 0.233 e. The van der Waals surface area contributed by atoms with Gasteiger partial charge in [0.25, 0.3) is 0 Å². The third kappa shape index (κ3) is 3.66. The van der Waals surface area contributed by atoms with E-state index in [-0.39, 0.29) is 5.91 Å². The van der Waals surface area contributed by atoms with Gasteiger partial charge in [0.05, 0.1) is 11.6 Å². The molecule has 4 nitrogen and oxygen atoms in total. The number of halogens is 1. The van der Waals surface area contributed by atoms with E-state index in [0.29, 0.717) is 29.3 Å². The molecule has 0 heterocycles. The lowest BCUT2D eigenvalue weighted by Crippen LogP contribution is -2.26. The summed E-state index contributed by atoms with van der Waals surface area (Å²) < 4.78 is 0. The fourth-order valence-electron chi connectivity index (χ4n) is 2.87. The zero-order valence-electron chi connectivity index (χ0n) is 12.9. The van der Waals surface area contributed by atoms with Gasteiger partial charge in [0.2, 0.25) is 5.91 Å². The molecule has 122 valence electrons. The van der Waals surface area contributed by atoms with E-state index in [4.69, 9.17) is 11.6 Å². The first-order valence-corrected chi connectivity index (χ1v) is 8.09. The van der Waals surface area contributed by atoms with E-state index < -0.39 is 5.92 Å². The van der Waals surface area contributed by atoms with Crippen LogP contribution in [0.4, 0.5) is 5.69 Å². The van der Waals surface area contributed by atoms with Crippen molar-refractivity contribution in [3.63, 3.8) is 0 Å². The normalized spacial score (nSPS) is 20.5. The minimum absolute atomic E-state index is 0.193. The second kappa shape index (κ2) is 7.32. The van der Waals surface area contributed by atoms with Crippen LogP contribution in [0.1, 0.15) is 18.4 Å². The quantitative estimate of drug-likeness (QED) is 0.633. The molecule has 0 aromatic heterocycles. The highest BCUT2D eigenvalue weighted by Crippen LogP contribution is 2.30. The molecule has 1 fully saturated rings. The lowest BCUT2D eigenvalue weighted by Gasteiger charge is -2.11. The van der Waals surface area contributed by atoms with Crippen LogP contribution < -0.4 is 5.32 Å². The topological polar surface area (TPSA) is 61.7 Å². The predicted octanol–water partition coefficient (Wildman–Crippen LogP) is 4.60. The number of nitrogens with zero attached hydrogens (tertiary/aromatic N) is 1. The molecule has 0 saturated heterocycles. The van der Waals surface area contributed by atoms with Crippen LogP contribution in [0.5, 0.6) is 0 Å². The Morgan fingerprint density at radius 2 is 2.00 bits per heavy atom. The molecule has 2 aromatic rings. The number of amides is 1. The van der Waals surface area contributed by atoms with E-state index in [0.717, 1.165) is 11.1 Å².